The van der Waals surface area contributed by atoms with Gasteiger partial charge in [0, 0.05) is 26.5 Å². The van der Waals surface area contributed by atoms with Crippen LogP contribution >= 0.6 is 0 Å². The summed E-state index contributed by atoms with van der Waals surface area (Å²) in [5.41, 5.74) is 0.319. The zero-order valence-electron chi connectivity index (χ0n) is 23.9. The number of allylic oxidation sites excluding steroid dienone is 2. The normalized spacial score (nSPS) is 36.7. The van der Waals surface area contributed by atoms with E-state index in [4.69, 9.17) is 23.7 Å². The SMILES string of the molecule is C=CC(=C)CC[C@@]1(C)[C@@H](C)CC(OC)C23C(=C[C@H](OC(=O)C(C)CC)C[C@@H]21)[C@H](OC(C)=O)O[C@@H]3OC(C)=O. The van der Waals surface area contributed by atoms with Crippen LogP contribution in [0.5, 0.6) is 0 Å². The smallest absolute Gasteiger partial charge is 0.309 e. The van der Waals surface area contributed by atoms with Crippen LogP contribution in [0.25, 0.3) is 0 Å². The molecule has 9 atom stereocenters. The minimum atomic E-state index is -1.09. The largest absolute Gasteiger partial charge is 0.458 e. The quantitative estimate of drug-likeness (QED) is 0.162. The lowest BCUT2D eigenvalue weighted by atomic mass is 9.45. The van der Waals surface area contributed by atoms with E-state index < -0.39 is 36.0 Å². The molecule has 3 aliphatic rings. The van der Waals surface area contributed by atoms with Crippen LogP contribution in [0, 0.1) is 28.6 Å². The number of esters is 3. The van der Waals surface area contributed by atoms with Crippen LogP contribution in [0.3, 0.4) is 0 Å². The van der Waals surface area contributed by atoms with Gasteiger partial charge in [0.15, 0.2) is 0 Å². The van der Waals surface area contributed by atoms with Crippen LogP contribution < -0.4 is 0 Å². The number of hydrogen-bond acceptors (Lipinski definition) is 8. The second kappa shape index (κ2) is 11.7. The predicted octanol–water partition coefficient (Wildman–Crippen LogP) is 5.27. The molecule has 0 amide bonds. The fraction of sp³-hybridized carbons (Fsp3) is 0.700. The van der Waals surface area contributed by atoms with E-state index in [1.807, 2.05) is 19.9 Å². The highest BCUT2D eigenvalue weighted by Crippen LogP contribution is 2.68. The standard InChI is InChI=1S/C30H44O8/c1-10-17(3)12-13-29(8)19(5)14-25(34-9)30-23(27(35-20(6)31)38-28(30)36-21(7)32)15-22(16-24(29)30)37-26(33)18(4)11-2/h10,15,18-19,22,24-25,27-28H,1,3,11-14,16H2,2,4-9H3/t18?,19-,22-,24+,25?,27+,28-,29-,30?/m0/s1. The molecule has 1 saturated carbocycles. The predicted molar refractivity (Wildman–Crippen MR) is 141 cm³/mol. The molecule has 1 spiro atoms. The van der Waals surface area contributed by atoms with Crippen molar-refractivity contribution in [3.8, 4) is 0 Å². The molecule has 1 heterocycles. The highest BCUT2D eigenvalue weighted by molar-refractivity contribution is 5.72. The van der Waals surface area contributed by atoms with Crippen LogP contribution in [0.15, 0.2) is 36.5 Å². The molecule has 0 bridgehead atoms. The van der Waals surface area contributed by atoms with Gasteiger partial charge in [-0.05, 0) is 55.4 Å². The Balaban J connectivity index is 2.22. The second-order valence-electron chi connectivity index (χ2n) is 11.4. The van der Waals surface area contributed by atoms with Gasteiger partial charge in [0.25, 0.3) is 0 Å². The summed E-state index contributed by atoms with van der Waals surface area (Å²) < 4.78 is 29.8. The molecule has 212 valence electrons. The van der Waals surface area contributed by atoms with Crippen LogP contribution in [-0.4, -0.2) is 49.8 Å². The number of rotatable bonds is 10. The fourth-order valence-corrected chi connectivity index (χ4v) is 6.70. The van der Waals surface area contributed by atoms with Crippen molar-refractivity contribution < 1.29 is 38.1 Å². The number of carbonyl (C=O) groups excluding carboxylic acids is 3. The Morgan fingerprint density at radius 2 is 1.84 bits per heavy atom. The molecule has 3 unspecified atom stereocenters. The Bertz CT molecular complexity index is 985. The van der Waals surface area contributed by atoms with Crippen LogP contribution in [0.1, 0.15) is 73.6 Å². The van der Waals surface area contributed by atoms with Gasteiger partial charge in [-0.1, -0.05) is 52.5 Å². The molecule has 1 saturated heterocycles. The van der Waals surface area contributed by atoms with Gasteiger partial charge in [0.2, 0.25) is 12.6 Å². The summed E-state index contributed by atoms with van der Waals surface area (Å²) >= 11 is 0. The molecule has 0 aromatic carbocycles. The average molecular weight is 533 g/mol. The molecule has 0 N–H and O–H groups in total. The van der Waals surface area contributed by atoms with E-state index in [0.717, 1.165) is 18.4 Å². The Morgan fingerprint density at radius 1 is 1.18 bits per heavy atom. The third-order valence-electron chi connectivity index (χ3n) is 9.21. The van der Waals surface area contributed by atoms with E-state index in [9.17, 15) is 14.4 Å². The van der Waals surface area contributed by atoms with Gasteiger partial charge in [-0.3, -0.25) is 19.1 Å². The summed E-state index contributed by atoms with van der Waals surface area (Å²) in [7, 11) is 1.64. The molecular formula is C30H44O8. The molecule has 0 aromatic heterocycles. The molecular weight excluding hydrogens is 488 g/mol. The van der Waals surface area contributed by atoms with Crippen molar-refractivity contribution in [3.05, 3.63) is 36.5 Å². The van der Waals surface area contributed by atoms with E-state index in [1.54, 1.807) is 13.2 Å². The van der Waals surface area contributed by atoms with Gasteiger partial charge >= 0.3 is 17.9 Å². The van der Waals surface area contributed by atoms with Crippen LogP contribution in [0.4, 0.5) is 0 Å². The third-order valence-corrected chi connectivity index (χ3v) is 9.21. The molecule has 3 rings (SSSR count). The van der Waals surface area contributed by atoms with Gasteiger partial charge in [0.1, 0.15) is 6.10 Å². The first kappa shape index (κ1) is 30.1. The Morgan fingerprint density at radius 3 is 2.39 bits per heavy atom. The highest BCUT2D eigenvalue weighted by Gasteiger charge is 2.71. The molecule has 2 fully saturated rings. The first-order chi connectivity index (χ1) is 17.8. The summed E-state index contributed by atoms with van der Waals surface area (Å²) in [6.07, 6.45) is 3.86. The third kappa shape index (κ3) is 5.34. The van der Waals surface area contributed by atoms with Crippen molar-refractivity contribution in [1.29, 1.82) is 0 Å². The van der Waals surface area contributed by atoms with Crippen LogP contribution in [-0.2, 0) is 38.1 Å². The zero-order chi connectivity index (χ0) is 28.4. The monoisotopic (exact) mass is 532 g/mol. The average Bonchev–Trinajstić information content (AvgIpc) is 3.15. The van der Waals surface area contributed by atoms with E-state index in [0.29, 0.717) is 24.8 Å². The fourth-order valence-electron chi connectivity index (χ4n) is 6.70. The lowest BCUT2D eigenvalue weighted by Gasteiger charge is -2.61. The summed E-state index contributed by atoms with van der Waals surface area (Å²) in [4.78, 5) is 37.3. The van der Waals surface area contributed by atoms with Gasteiger partial charge in [0.05, 0.1) is 17.4 Å². The molecule has 8 nitrogen and oxygen atoms in total. The van der Waals surface area contributed by atoms with Gasteiger partial charge in [-0.15, -0.1) is 0 Å². The molecule has 2 aliphatic carbocycles. The number of hydrogen-bond donors (Lipinski definition) is 0. The van der Waals surface area contributed by atoms with Crippen molar-refractivity contribution in [2.45, 2.75) is 98.4 Å². The van der Waals surface area contributed by atoms with E-state index in [2.05, 4.69) is 27.0 Å². The Hall–Kier alpha value is -2.45. The summed E-state index contributed by atoms with van der Waals surface area (Å²) in [5, 5.41) is 0. The minimum Gasteiger partial charge on any atom is -0.458 e. The van der Waals surface area contributed by atoms with Crippen molar-refractivity contribution in [2.24, 2.45) is 28.6 Å². The lowest BCUT2D eigenvalue weighted by Crippen LogP contribution is -2.63. The van der Waals surface area contributed by atoms with Gasteiger partial charge < -0.3 is 18.9 Å². The van der Waals surface area contributed by atoms with Crippen molar-refractivity contribution >= 4 is 17.9 Å². The maximum Gasteiger partial charge on any atom is 0.309 e. The highest BCUT2D eigenvalue weighted by atomic mass is 16.8. The zero-order valence-corrected chi connectivity index (χ0v) is 23.9. The Kier molecular flexibility index (Phi) is 9.30. The summed E-state index contributed by atoms with van der Waals surface area (Å²) in [5.74, 6) is -1.57. The first-order valence-electron chi connectivity index (χ1n) is 13.6. The lowest BCUT2D eigenvalue weighted by molar-refractivity contribution is -0.258. The summed E-state index contributed by atoms with van der Waals surface area (Å²) in [6.45, 7) is 18.8. The molecule has 8 heteroatoms. The number of methoxy groups -OCH3 is 1. The van der Waals surface area contributed by atoms with Gasteiger partial charge in [-0.25, -0.2) is 0 Å². The molecule has 1 aliphatic heterocycles. The van der Waals surface area contributed by atoms with Crippen molar-refractivity contribution in [1.82, 2.24) is 0 Å². The minimum absolute atomic E-state index is 0.194. The number of ether oxygens (including phenoxy) is 5. The second-order valence-corrected chi connectivity index (χ2v) is 11.4. The molecule has 0 aromatic rings. The maximum absolute atomic E-state index is 12.9. The first-order valence-corrected chi connectivity index (χ1v) is 13.6. The van der Waals surface area contributed by atoms with E-state index in [1.165, 1.54) is 13.8 Å². The van der Waals surface area contributed by atoms with E-state index in [-0.39, 0.29) is 35.2 Å². The van der Waals surface area contributed by atoms with Crippen LogP contribution in [0.2, 0.25) is 0 Å². The molecule has 0 radical (unpaired) electrons. The number of carbonyl (C=O) groups is 3. The summed E-state index contributed by atoms with van der Waals surface area (Å²) in [6, 6.07) is 0. The molecule has 38 heavy (non-hydrogen) atoms. The van der Waals surface area contributed by atoms with Gasteiger partial charge in [-0.2, -0.15) is 0 Å². The van der Waals surface area contributed by atoms with Crippen molar-refractivity contribution in [2.75, 3.05) is 7.11 Å². The Labute approximate surface area is 226 Å². The van der Waals surface area contributed by atoms with Crippen molar-refractivity contribution in [3.63, 3.8) is 0 Å². The van der Waals surface area contributed by atoms with E-state index >= 15 is 0 Å². The topological polar surface area (TPSA) is 97.4 Å². The maximum atomic E-state index is 12.9.